The highest BCUT2D eigenvalue weighted by atomic mass is 19.3. The molecule has 1 saturated heterocycles. The molecule has 3 aromatic rings. The minimum absolute atomic E-state index is 0.168. The molecule has 0 unspecified atom stereocenters. The Morgan fingerprint density at radius 2 is 1.95 bits per heavy atom. The summed E-state index contributed by atoms with van der Waals surface area (Å²) in [6.07, 6.45) is 1.86. The zero-order chi connectivity index (χ0) is 28.6. The Morgan fingerprint density at radius 3 is 2.60 bits per heavy atom. The van der Waals surface area contributed by atoms with Gasteiger partial charge in [-0.15, -0.1) is 0 Å². The number of likely N-dealkylation sites (N-methyl/N-ethyl adjacent to an activating group) is 1. The van der Waals surface area contributed by atoms with Crippen LogP contribution in [0.3, 0.4) is 0 Å². The van der Waals surface area contributed by atoms with Crippen LogP contribution in [0.5, 0.6) is 5.88 Å². The van der Waals surface area contributed by atoms with Crippen LogP contribution < -0.4 is 20.5 Å². The second kappa shape index (κ2) is 11.3. The van der Waals surface area contributed by atoms with Crippen molar-refractivity contribution in [1.82, 2.24) is 14.5 Å². The van der Waals surface area contributed by atoms with Crippen LogP contribution >= 0.6 is 0 Å². The third-order valence-corrected chi connectivity index (χ3v) is 7.59. The zero-order valence-electron chi connectivity index (χ0n) is 22.7. The molecule has 8 nitrogen and oxygen atoms in total. The number of nitrogens with zero attached hydrogens (tertiary/aromatic N) is 4. The lowest BCUT2D eigenvalue weighted by Crippen LogP contribution is -2.50. The number of nitrogens with one attached hydrogen (secondary N) is 1. The van der Waals surface area contributed by atoms with Crippen LogP contribution in [-0.2, 0) is 7.05 Å². The van der Waals surface area contributed by atoms with Crippen molar-refractivity contribution in [3.05, 3.63) is 70.0 Å². The van der Waals surface area contributed by atoms with Crippen molar-refractivity contribution in [2.24, 2.45) is 13.0 Å². The van der Waals surface area contributed by atoms with Crippen molar-refractivity contribution in [2.45, 2.75) is 32.2 Å². The van der Waals surface area contributed by atoms with Gasteiger partial charge in [-0.2, -0.15) is 0 Å². The number of anilines is 2. The van der Waals surface area contributed by atoms with Crippen LogP contribution in [0.15, 0.2) is 47.5 Å². The predicted molar refractivity (Wildman–Crippen MR) is 147 cm³/mol. The Hall–Kier alpha value is -3.86. The van der Waals surface area contributed by atoms with Crippen molar-refractivity contribution in [1.29, 1.82) is 0 Å². The number of carbonyl (C=O) groups is 1. The Kier molecular flexibility index (Phi) is 7.84. The Balaban J connectivity index is 1.51. The van der Waals surface area contributed by atoms with E-state index in [9.17, 15) is 18.4 Å². The molecule has 1 aromatic carbocycles. The standard InChI is InChI=1S/C29H32F3N5O3/c1-17-14-37(9-8-35(17)2)25-12-23(30)20(19-6-7-26(33-13-19)40-16-18-4-5-18)10-24(25)34-29(39)22-15-36(3)27(38)11-21(22)28(31)32/h6-7,10-13,15,17-18,28H,4-5,8-9,14,16H2,1-3H3,(H,34,39)/t17-/m0/s1. The van der Waals surface area contributed by atoms with Crippen molar-refractivity contribution < 1.29 is 22.7 Å². The highest BCUT2D eigenvalue weighted by Crippen LogP contribution is 2.36. The average molecular weight is 556 g/mol. The Labute approximate surface area is 230 Å². The molecule has 40 heavy (non-hydrogen) atoms. The summed E-state index contributed by atoms with van der Waals surface area (Å²) in [5, 5.41) is 2.73. The van der Waals surface area contributed by atoms with Gasteiger partial charge in [-0.3, -0.25) is 9.59 Å². The summed E-state index contributed by atoms with van der Waals surface area (Å²) in [5.41, 5.74) is -0.280. The number of halogens is 3. The number of ether oxygens (including phenoxy) is 1. The first kappa shape index (κ1) is 27.7. The predicted octanol–water partition coefficient (Wildman–Crippen LogP) is 4.71. The molecule has 0 bridgehead atoms. The molecule has 5 rings (SSSR count). The summed E-state index contributed by atoms with van der Waals surface area (Å²) >= 11 is 0. The van der Waals surface area contributed by atoms with Crippen molar-refractivity contribution in [3.63, 3.8) is 0 Å². The Morgan fingerprint density at radius 1 is 1.18 bits per heavy atom. The van der Waals surface area contributed by atoms with Gasteiger partial charge in [-0.25, -0.2) is 18.2 Å². The number of carbonyl (C=O) groups excluding carboxylic acids is 1. The summed E-state index contributed by atoms with van der Waals surface area (Å²) in [7, 11) is 3.39. The maximum atomic E-state index is 15.6. The number of piperazine rings is 1. The van der Waals surface area contributed by atoms with Gasteiger partial charge in [0.15, 0.2) is 0 Å². The van der Waals surface area contributed by atoms with Gasteiger partial charge in [0.2, 0.25) is 5.88 Å². The van der Waals surface area contributed by atoms with Crippen LogP contribution in [0.1, 0.15) is 42.1 Å². The van der Waals surface area contributed by atoms with Gasteiger partial charge in [-0.1, -0.05) is 0 Å². The molecule has 3 heterocycles. The summed E-state index contributed by atoms with van der Waals surface area (Å²) < 4.78 is 49.8. The quantitative estimate of drug-likeness (QED) is 0.434. The molecule has 1 aliphatic carbocycles. The van der Waals surface area contributed by atoms with E-state index in [4.69, 9.17) is 4.74 Å². The molecular weight excluding hydrogens is 523 g/mol. The second-order valence-electron chi connectivity index (χ2n) is 10.6. The number of aromatic nitrogens is 2. The molecular formula is C29H32F3N5O3. The molecule has 1 saturated carbocycles. The zero-order valence-corrected chi connectivity index (χ0v) is 22.7. The molecule has 1 N–H and O–H groups in total. The number of hydrogen-bond acceptors (Lipinski definition) is 6. The third-order valence-electron chi connectivity index (χ3n) is 7.59. The lowest BCUT2D eigenvalue weighted by molar-refractivity contribution is 0.101. The molecule has 2 aromatic heterocycles. The smallest absolute Gasteiger partial charge is 0.264 e. The highest BCUT2D eigenvalue weighted by Gasteiger charge is 2.27. The number of benzene rings is 1. The number of hydrogen-bond donors (Lipinski definition) is 1. The molecule has 1 atom stereocenters. The number of pyridine rings is 2. The van der Waals surface area contributed by atoms with Gasteiger partial charge < -0.3 is 24.4 Å². The molecule has 11 heteroatoms. The van der Waals surface area contributed by atoms with E-state index in [1.54, 1.807) is 12.1 Å². The summed E-state index contributed by atoms with van der Waals surface area (Å²) in [6.45, 7) is 4.53. The number of alkyl halides is 2. The lowest BCUT2D eigenvalue weighted by atomic mass is 10.0. The van der Waals surface area contributed by atoms with Gasteiger partial charge in [0, 0.05) is 73.9 Å². The minimum atomic E-state index is -3.02. The van der Waals surface area contributed by atoms with E-state index in [0.717, 1.165) is 36.2 Å². The molecule has 1 amide bonds. The normalized spacial score (nSPS) is 17.8. The molecule has 212 valence electrons. The van der Waals surface area contributed by atoms with Gasteiger partial charge in [0.05, 0.1) is 23.5 Å². The van der Waals surface area contributed by atoms with E-state index >= 15 is 4.39 Å². The summed E-state index contributed by atoms with van der Waals surface area (Å²) in [4.78, 5) is 33.8. The summed E-state index contributed by atoms with van der Waals surface area (Å²) in [6, 6.07) is 7.15. The largest absolute Gasteiger partial charge is 0.477 e. The van der Waals surface area contributed by atoms with Crippen LogP contribution in [0, 0.1) is 11.7 Å². The monoisotopic (exact) mass is 555 g/mol. The van der Waals surface area contributed by atoms with E-state index in [-0.39, 0.29) is 22.9 Å². The molecule has 0 radical (unpaired) electrons. The van der Waals surface area contributed by atoms with Crippen LogP contribution in [0.4, 0.5) is 24.5 Å². The SMILES string of the molecule is C[C@H]1CN(c2cc(F)c(-c3ccc(OCC4CC4)nc3)cc2NC(=O)c2cn(C)c(=O)cc2C(F)F)CCN1C. The molecule has 1 aliphatic heterocycles. The van der Waals surface area contributed by atoms with Gasteiger partial charge in [0.25, 0.3) is 17.9 Å². The number of amides is 1. The second-order valence-corrected chi connectivity index (χ2v) is 10.6. The van der Waals surface area contributed by atoms with Crippen molar-refractivity contribution >= 4 is 17.3 Å². The first-order chi connectivity index (χ1) is 19.1. The van der Waals surface area contributed by atoms with E-state index in [1.165, 1.54) is 25.4 Å². The lowest BCUT2D eigenvalue weighted by Gasteiger charge is -2.39. The van der Waals surface area contributed by atoms with Crippen LogP contribution in [0.2, 0.25) is 0 Å². The van der Waals surface area contributed by atoms with E-state index in [0.29, 0.717) is 42.7 Å². The molecule has 2 fully saturated rings. The number of rotatable bonds is 8. The molecule has 2 aliphatic rings. The maximum Gasteiger partial charge on any atom is 0.264 e. The van der Waals surface area contributed by atoms with Gasteiger partial charge in [-0.05, 0) is 50.9 Å². The number of aryl methyl sites for hydroxylation is 1. The van der Waals surface area contributed by atoms with Gasteiger partial charge in [0.1, 0.15) is 5.82 Å². The maximum absolute atomic E-state index is 15.6. The van der Waals surface area contributed by atoms with Gasteiger partial charge >= 0.3 is 0 Å². The first-order valence-corrected chi connectivity index (χ1v) is 13.3. The van der Waals surface area contributed by atoms with E-state index in [2.05, 4.69) is 15.2 Å². The van der Waals surface area contributed by atoms with Crippen molar-refractivity contribution in [2.75, 3.05) is 43.5 Å². The molecule has 0 spiro atoms. The first-order valence-electron chi connectivity index (χ1n) is 13.3. The Bertz CT molecular complexity index is 1460. The van der Waals surface area contributed by atoms with Crippen molar-refractivity contribution in [3.8, 4) is 17.0 Å². The van der Waals surface area contributed by atoms with Crippen LogP contribution in [-0.4, -0.2) is 59.7 Å². The minimum Gasteiger partial charge on any atom is -0.477 e. The topological polar surface area (TPSA) is 79.7 Å². The average Bonchev–Trinajstić information content (AvgIpc) is 3.76. The van der Waals surface area contributed by atoms with E-state index < -0.39 is 29.3 Å². The summed E-state index contributed by atoms with van der Waals surface area (Å²) in [5.74, 6) is -0.327. The van der Waals surface area contributed by atoms with Crippen LogP contribution in [0.25, 0.3) is 11.1 Å². The third kappa shape index (κ3) is 5.99. The van der Waals surface area contributed by atoms with E-state index in [1.807, 2.05) is 18.9 Å². The fraction of sp³-hybridized carbons (Fsp3) is 0.414. The fourth-order valence-corrected chi connectivity index (χ4v) is 4.73. The highest BCUT2D eigenvalue weighted by molar-refractivity contribution is 6.07. The fourth-order valence-electron chi connectivity index (χ4n) is 4.73.